The van der Waals surface area contributed by atoms with Crippen LogP contribution in [-0.4, -0.2) is 48.1 Å². The van der Waals surface area contributed by atoms with Gasteiger partial charge in [-0.25, -0.2) is 0 Å². The molecule has 1 aliphatic carbocycles. The molecule has 5 nitrogen and oxygen atoms in total. The van der Waals surface area contributed by atoms with Gasteiger partial charge in [-0.2, -0.15) is 0 Å². The molecule has 2 unspecified atom stereocenters. The number of hydrogen-bond donors (Lipinski definition) is 2. The Morgan fingerprint density at radius 3 is 2.62 bits per heavy atom. The van der Waals surface area contributed by atoms with Crippen LogP contribution in [0.2, 0.25) is 0 Å². The summed E-state index contributed by atoms with van der Waals surface area (Å²) in [5.74, 6) is -0.998. The van der Waals surface area contributed by atoms with Crippen LogP contribution in [0.4, 0.5) is 0 Å². The first kappa shape index (κ1) is 18.5. The maximum atomic E-state index is 12.1. The van der Waals surface area contributed by atoms with Gasteiger partial charge in [0.25, 0.3) is 0 Å². The lowest BCUT2D eigenvalue weighted by molar-refractivity contribution is -0.145. The van der Waals surface area contributed by atoms with E-state index in [2.05, 4.69) is 17.4 Å². The molecule has 2 N–H and O–H groups in total. The molecule has 0 radical (unpaired) electrons. The van der Waals surface area contributed by atoms with E-state index in [0.717, 1.165) is 38.5 Å². The molecule has 5 heteroatoms. The Morgan fingerprint density at radius 1 is 1.21 bits per heavy atom. The fourth-order valence-electron chi connectivity index (χ4n) is 3.22. The molecule has 1 aromatic rings. The summed E-state index contributed by atoms with van der Waals surface area (Å²) in [5.41, 5.74) is 1.22. The number of benzene rings is 1. The first-order chi connectivity index (χ1) is 11.6. The van der Waals surface area contributed by atoms with Crippen molar-refractivity contribution in [2.45, 2.75) is 44.6 Å². The molecule has 2 rings (SSSR count). The lowest BCUT2D eigenvalue weighted by atomic mass is 9.86. The van der Waals surface area contributed by atoms with Crippen LogP contribution in [0, 0.1) is 5.92 Å². The smallest absolute Gasteiger partial charge is 0.311 e. The molecule has 1 saturated carbocycles. The molecule has 1 aromatic carbocycles. The Hall–Kier alpha value is -1.88. The molecule has 0 spiro atoms. The minimum atomic E-state index is -0.559. The second-order valence-electron chi connectivity index (χ2n) is 6.64. The van der Waals surface area contributed by atoms with Gasteiger partial charge in [-0.3, -0.25) is 9.59 Å². The van der Waals surface area contributed by atoms with Crippen LogP contribution in [0.1, 0.15) is 37.7 Å². The van der Waals surface area contributed by atoms with Crippen molar-refractivity contribution < 1.29 is 14.7 Å². The highest BCUT2D eigenvalue weighted by Crippen LogP contribution is 2.24. The fourth-order valence-corrected chi connectivity index (χ4v) is 3.22. The summed E-state index contributed by atoms with van der Waals surface area (Å²) in [5, 5.41) is 12.7. The Morgan fingerprint density at radius 2 is 1.92 bits per heavy atom. The van der Waals surface area contributed by atoms with E-state index < -0.39 is 11.8 Å². The van der Waals surface area contributed by atoms with E-state index in [1.807, 2.05) is 18.2 Å². The number of aliphatic hydroxyl groups excluding tert-OH is 1. The number of aryl methyl sites for hydroxylation is 1. The van der Waals surface area contributed by atoms with Crippen molar-refractivity contribution in [2.24, 2.45) is 5.92 Å². The maximum Gasteiger partial charge on any atom is 0.311 e. The summed E-state index contributed by atoms with van der Waals surface area (Å²) in [6, 6.07) is 10.1. The van der Waals surface area contributed by atoms with Crippen molar-refractivity contribution in [3.8, 4) is 0 Å². The lowest BCUT2D eigenvalue weighted by Crippen LogP contribution is -2.45. The van der Waals surface area contributed by atoms with E-state index in [4.69, 9.17) is 0 Å². The third-order valence-electron chi connectivity index (χ3n) is 4.69. The minimum Gasteiger partial charge on any atom is -0.393 e. The van der Waals surface area contributed by atoms with Crippen LogP contribution in [0.5, 0.6) is 0 Å². The third kappa shape index (κ3) is 5.64. The number of carbonyl (C=O) groups excluding carboxylic acids is 2. The van der Waals surface area contributed by atoms with Gasteiger partial charge in [0.1, 0.15) is 0 Å². The Bertz CT molecular complexity index is 533. The van der Waals surface area contributed by atoms with Crippen LogP contribution < -0.4 is 5.32 Å². The van der Waals surface area contributed by atoms with Crippen molar-refractivity contribution >= 4 is 11.8 Å². The summed E-state index contributed by atoms with van der Waals surface area (Å²) in [4.78, 5) is 25.5. The first-order valence-corrected chi connectivity index (χ1v) is 8.83. The molecular weight excluding hydrogens is 304 g/mol. The maximum absolute atomic E-state index is 12.1. The number of rotatable bonds is 6. The Kier molecular flexibility index (Phi) is 7.25. The molecule has 2 atom stereocenters. The van der Waals surface area contributed by atoms with Gasteiger partial charge in [-0.1, -0.05) is 43.2 Å². The van der Waals surface area contributed by atoms with Gasteiger partial charge >= 0.3 is 11.8 Å². The van der Waals surface area contributed by atoms with E-state index in [9.17, 15) is 14.7 Å². The van der Waals surface area contributed by atoms with E-state index in [-0.39, 0.29) is 12.0 Å². The van der Waals surface area contributed by atoms with Gasteiger partial charge in [-0.05, 0) is 31.2 Å². The predicted octanol–water partition coefficient (Wildman–Crippen LogP) is 1.74. The molecule has 1 fully saturated rings. The van der Waals surface area contributed by atoms with Crippen LogP contribution in [-0.2, 0) is 16.0 Å². The van der Waals surface area contributed by atoms with Gasteiger partial charge in [0.15, 0.2) is 0 Å². The average molecular weight is 332 g/mol. The minimum absolute atomic E-state index is 0.0820. The van der Waals surface area contributed by atoms with Crippen molar-refractivity contribution in [1.29, 1.82) is 0 Å². The highest BCUT2D eigenvalue weighted by atomic mass is 16.3. The molecule has 0 aromatic heterocycles. The molecule has 2 amide bonds. The topological polar surface area (TPSA) is 69.6 Å². The van der Waals surface area contributed by atoms with Gasteiger partial charge < -0.3 is 15.3 Å². The third-order valence-corrected chi connectivity index (χ3v) is 4.69. The number of likely N-dealkylation sites (N-methyl/N-ethyl adjacent to an activating group) is 1. The van der Waals surface area contributed by atoms with Crippen molar-refractivity contribution in [2.75, 3.05) is 20.1 Å². The van der Waals surface area contributed by atoms with Gasteiger partial charge in [0, 0.05) is 26.1 Å². The summed E-state index contributed by atoms with van der Waals surface area (Å²) >= 11 is 0. The van der Waals surface area contributed by atoms with Crippen LogP contribution in [0.15, 0.2) is 30.3 Å². The number of aliphatic hydroxyl groups is 1. The SMILES string of the molecule is CN(CC1CCCCC1O)C(=O)C(=O)NCCCc1ccccc1. The second kappa shape index (κ2) is 9.42. The Balaban J connectivity index is 1.68. The number of nitrogens with one attached hydrogen (secondary N) is 1. The molecular formula is C19H28N2O3. The second-order valence-corrected chi connectivity index (χ2v) is 6.64. The van der Waals surface area contributed by atoms with Crippen molar-refractivity contribution in [1.82, 2.24) is 10.2 Å². The zero-order valence-electron chi connectivity index (χ0n) is 14.4. The zero-order chi connectivity index (χ0) is 17.4. The summed E-state index contributed by atoms with van der Waals surface area (Å²) in [7, 11) is 1.63. The highest BCUT2D eigenvalue weighted by molar-refractivity contribution is 6.34. The number of hydrogen-bond acceptors (Lipinski definition) is 3. The summed E-state index contributed by atoms with van der Waals surface area (Å²) in [6.07, 6.45) is 5.14. The van der Waals surface area contributed by atoms with E-state index >= 15 is 0 Å². The molecule has 0 bridgehead atoms. The largest absolute Gasteiger partial charge is 0.393 e. The molecule has 0 aliphatic heterocycles. The summed E-state index contributed by atoms with van der Waals surface area (Å²) < 4.78 is 0. The molecule has 1 aliphatic rings. The lowest BCUT2D eigenvalue weighted by Gasteiger charge is -2.30. The first-order valence-electron chi connectivity index (χ1n) is 8.83. The van der Waals surface area contributed by atoms with Crippen LogP contribution in [0.3, 0.4) is 0 Å². The molecule has 24 heavy (non-hydrogen) atoms. The summed E-state index contributed by atoms with van der Waals surface area (Å²) in [6.45, 7) is 0.927. The molecule has 0 heterocycles. The van der Waals surface area contributed by atoms with Crippen molar-refractivity contribution in [3.05, 3.63) is 35.9 Å². The highest BCUT2D eigenvalue weighted by Gasteiger charge is 2.27. The van der Waals surface area contributed by atoms with E-state index in [1.165, 1.54) is 10.5 Å². The fraction of sp³-hybridized carbons (Fsp3) is 0.579. The van der Waals surface area contributed by atoms with E-state index in [0.29, 0.717) is 13.1 Å². The number of amides is 2. The van der Waals surface area contributed by atoms with Crippen LogP contribution in [0.25, 0.3) is 0 Å². The quantitative estimate of drug-likeness (QED) is 0.616. The number of nitrogens with zero attached hydrogens (tertiary/aromatic N) is 1. The zero-order valence-corrected chi connectivity index (χ0v) is 14.4. The normalized spacial score (nSPS) is 20.4. The van der Waals surface area contributed by atoms with E-state index in [1.54, 1.807) is 7.05 Å². The van der Waals surface area contributed by atoms with Crippen molar-refractivity contribution in [3.63, 3.8) is 0 Å². The molecule has 132 valence electrons. The average Bonchev–Trinajstić information content (AvgIpc) is 2.60. The number of carbonyl (C=O) groups is 2. The van der Waals surface area contributed by atoms with Gasteiger partial charge in [0.05, 0.1) is 6.10 Å². The predicted molar refractivity (Wildman–Crippen MR) is 93.4 cm³/mol. The Labute approximate surface area is 144 Å². The van der Waals surface area contributed by atoms with Gasteiger partial charge in [-0.15, -0.1) is 0 Å². The monoisotopic (exact) mass is 332 g/mol. The van der Waals surface area contributed by atoms with Crippen LogP contribution >= 0.6 is 0 Å². The molecule has 0 saturated heterocycles. The van der Waals surface area contributed by atoms with Gasteiger partial charge in [0.2, 0.25) is 0 Å². The standard InChI is InChI=1S/C19H28N2O3/c1-21(14-16-11-5-6-12-17(16)22)19(24)18(23)20-13-7-10-15-8-3-2-4-9-15/h2-4,8-9,16-17,22H,5-7,10-14H2,1H3,(H,20,23).